The van der Waals surface area contributed by atoms with Gasteiger partial charge >= 0.3 is 23.5 Å². The van der Waals surface area contributed by atoms with Gasteiger partial charge in [0, 0.05) is 5.54 Å². The Bertz CT molecular complexity index is 742. The van der Waals surface area contributed by atoms with Crippen molar-refractivity contribution in [1.82, 2.24) is 0 Å². The minimum absolute atomic E-state index is 0.0472. The first kappa shape index (κ1) is 20.2. The van der Waals surface area contributed by atoms with E-state index < -0.39 is 45.8 Å². The van der Waals surface area contributed by atoms with Crippen LogP contribution in [0.25, 0.3) is 0 Å². The summed E-state index contributed by atoms with van der Waals surface area (Å²) in [4.78, 5) is 48.8. The van der Waals surface area contributed by atoms with Crippen LogP contribution in [0.5, 0.6) is 0 Å². The van der Waals surface area contributed by atoms with Crippen molar-refractivity contribution in [2.45, 2.75) is 33.2 Å². The highest BCUT2D eigenvalue weighted by molar-refractivity contribution is 6.12. The first-order chi connectivity index (χ1) is 11.6. The molecular weight excluding hydrogens is 334 g/mol. The van der Waals surface area contributed by atoms with Crippen molar-refractivity contribution in [3.05, 3.63) is 27.1 Å². The minimum Gasteiger partial charge on any atom is -0.465 e. The highest BCUT2D eigenvalue weighted by Crippen LogP contribution is 2.26. The normalized spacial score (nSPS) is 10.8. The molecule has 0 saturated heterocycles. The lowest BCUT2D eigenvalue weighted by Crippen LogP contribution is -2.32. The van der Waals surface area contributed by atoms with Gasteiger partial charge in [0.05, 0.1) is 20.8 Å². The number of esters is 3. The Balaban J connectivity index is 3.89. The smallest absolute Gasteiger partial charge is 0.353 e. The summed E-state index contributed by atoms with van der Waals surface area (Å²) in [5, 5.41) is 2.80. The summed E-state index contributed by atoms with van der Waals surface area (Å²) in [5.41, 5.74) is -3.49. The van der Waals surface area contributed by atoms with Crippen molar-refractivity contribution in [3.8, 4) is 0 Å². The summed E-state index contributed by atoms with van der Waals surface area (Å²) in [5.74, 6) is -3.48. The molecule has 0 saturated carbocycles. The topological polar surface area (TPSA) is 121 Å². The number of methoxy groups -OCH3 is 2. The fourth-order valence-electron chi connectivity index (χ4n) is 1.96. The fourth-order valence-corrected chi connectivity index (χ4v) is 1.96. The lowest BCUT2D eigenvalue weighted by molar-refractivity contribution is 0.0492. The molecule has 1 N–H and O–H groups in total. The van der Waals surface area contributed by atoms with Gasteiger partial charge < -0.3 is 23.9 Å². The molecule has 25 heavy (non-hydrogen) atoms. The van der Waals surface area contributed by atoms with E-state index in [1.54, 1.807) is 20.8 Å². The van der Waals surface area contributed by atoms with Crippen molar-refractivity contribution in [2.24, 2.45) is 0 Å². The van der Waals surface area contributed by atoms with Crippen molar-refractivity contribution < 1.29 is 33.0 Å². The number of nitrogens with one attached hydrogen (secondary N) is 1. The zero-order chi connectivity index (χ0) is 19.4. The Hall–Kier alpha value is -2.84. The Morgan fingerprint density at radius 1 is 0.960 bits per heavy atom. The number of carbonyl (C=O) groups excluding carboxylic acids is 3. The average molecular weight is 355 g/mol. The molecule has 1 heterocycles. The van der Waals surface area contributed by atoms with Crippen LogP contribution in [0, 0.1) is 0 Å². The molecule has 9 heteroatoms. The van der Waals surface area contributed by atoms with E-state index in [9.17, 15) is 19.2 Å². The molecule has 0 amide bonds. The van der Waals surface area contributed by atoms with Crippen LogP contribution in [0.4, 0.5) is 5.88 Å². The lowest BCUT2D eigenvalue weighted by atomic mass is 10.0. The molecule has 0 aliphatic carbocycles. The summed E-state index contributed by atoms with van der Waals surface area (Å²) < 4.78 is 19.1. The van der Waals surface area contributed by atoms with E-state index in [1.165, 1.54) is 6.92 Å². The molecule has 0 fully saturated rings. The lowest BCUT2D eigenvalue weighted by Gasteiger charge is -2.23. The monoisotopic (exact) mass is 355 g/mol. The number of ether oxygens (including phenoxy) is 3. The second-order valence-electron chi connectivity index (χ2n) is 5.92. The second-order valence-corrected chi connectivity index (χ2v) is 5.92. The van der Waals surface area contributed by atoms with Crippen molar-refractivity contribution in [3.63, 3.8) is 0 Å². The number of anilines is 1. The van der Waals surface area contributed by atoms with Crippen molar-refractivity contribution >= 4 is 23.8 Å². The first-order valence-corrected chi connectivity index (χ1v) is 7.40. The van der Waals surface area contributed by atoms with E-state index in [0.29, 0.717) is 0 Å². The van der Waals surface area contributed by atoms with Gasteiger partial charge in [0.15, 0.2) is 5.56 Å². The standard InChI is InChI=1S/C16H21NO8/c1-7-24-14(20)10-8(12(18)22-5)9(13(19)23-6)11(25-15(10)21)17-16(2,3)4/h17H,7H2,1-6H3. The SMILES string of the molecule is CCOC(=O)c1c(C(=O)OC)c(C(=O)OC)c(NC(C)(C)C)oc1=O. The number of carbonyl (C=O) groups is 3. The zero-order valence-electron chi connectivity index (χ0n) is 15.0. The second kappa shape index (κ2) is 7.82. The molecule has 1 aromatic heterocycles. The van der Waals surface area contributed by atoms with Crippen LogP contribution in [0.3, 0.4) is 0 Å². The summed E-state index contributed by atoms with van der Waals surface area (Å²) >= 11 is 0. The van der Waals surface area contributed by atoms with E-state index >= 15 is 0 Å². The summed E-state index contributed by atoms with van der Waals surface area (Å²) in [7, 11) is 2.13. The highest BCUT2D eigenvalue weighted by atomic mass is 16.5. The Kier molecular flexibility index (Phi) is 6.32. The summed E-state index contributed by atoms with van der Waals surface area (Å²) in [6, 6.07) is 0. The molecule has 0 atom stereocenters. The third-order valence-electron chi connectivity index (χ3n) is 2.87. The number of hydrogen-bond acceptors (Lipinski definition) is 9. The molecule has 0 unspecified atom stereocenters. The van der Waals surface area contributed by atoms with Gasteiger partial charge in [-0.2, -0.15) is 0 Å². The van der Waals surface area contributed by atoms with E-state index in [0.717, 1.165) is 14.2 Å². The van der Waals surface area contributed by atoms with Gasteiger partial charge in [-0.1, -0.05) is 0 Å². The predicted molar refractivity (Wildman–Crippen MR) is 87.0 cm³/mol. The molecule has 9 nitrogen and oxygen atoms in total. The molecule has 0 aliphatic rings. The molecule has 1 rings (SSSR count). The number of hydrogen-bond donors (Lipinski definition) is 1. The molecule has 1 aromatic rings. The van der Waals surface area contributed by atoms with Gasteiger partial charge in [0.2, 0.25) is 5.88 Å². The van der Waals surface area contributed by atoms with Crippen LogP contribution in [0.2, 0.25) is 0 Å². The zero-order valence-corrected chi connectivity index (χ0v) is 15.0. The first-order valence-electron chi connectivity index (χ1n) is 7.40. The van der Waals surface area contributed by atoms with Gasteiger partial charge in [0.25, 0.3) is 0 Å². The van der Waals surface area contributed by atoms with E-state index in [2.05, 4.69) is 14.8 Å². The highest BCUT2D eigenvalue weighted by Gasteiger charge is 2.35. The quantitative estimate of drug-likeness (QED) is 0.620. The molecule has 0 aliphatic heterocycles. The minimum atomic E-state index is -1.14. The molecule has 0 bridgehead atoms. The Morgan fingerprint density at radius 3 is 1.92 bits per heavy atom. The van der Waals surface area contributed by atoms with E-state index in [1.807, 2.05) is 0 Å². The molecule has 0 aromatic carbocycles. The van der Waals surface area contributed by atoms with Gasteiger partial charge in [-0.05, 0) is 27.7 Å². The molecule has 0 spiro atoms. The van der Waals surface area contributed by atoms with Crippen LogP contribution >= 0.6 is 0 Å². The van der Waals surface area contributed by atoms with E-state index in [4.69, 9.17) is 9.15 Å². The number of rotatable bonds is 5. The Morgan fingerprint density at radius 2 is 1.48 bits per heavy atom. The average Bonchev–Trinajstić information content (AvgIpc) is 2.51. The van der Waals surface area contributed by atoms with Gasteiger partial charge in [-0.15, -0.1) is 0 Å². The van der Waals surface area contributed by atoms with Gasteiger partial charge in [-0.25, -0.2) is 19.2 Å². The van der Waals surface area contributed by atoms with Crippen LogP contribution < -0.4 is 10.9 Å². The fraction of sp³-hybridized carbons (Fsp3) is 0.500. The van der Waals surface area contributed by atoms with Gasteiger partial charge in [-0.3, -0.25) is 0 Å². The van der Waals surface area contributed by atoms with Crippen molar-refractivity contribution in [2.75, 3.05) is 26.1 Å². The van der Waals surface area contributed by atoms with Crippen LogP contribution in [-0.2, 0) is 14.2 Å². The summed E-state index contributed by atoms with van der Waals surface area (Å²) in [6.07, 6.45) is 0. The largest absolute Gasteiger partial charge is 0.465 e. The molecule has 138 valence electrons. The van der Waals surface area contributed by atoms with Crippen LogP contribution in [-0.4, -0.2) is 44.3 Å². The molecule has 0 radical (unpaired) electrons. The van der Waals surface area contributed by atoms with Gasteiger partial charge in [0.1, 0.15) is 11.1 Å². The third kappa shape index (κ3) is 4.59. The predicted octanol–water partition coefficient (Wildman–Crippen LogP) is 1.60. The maximum Gasteiger partial charge on any atom is 0.353 e. The maximum atomic E-state index is 12.3. The third-order valence-corrected chi connectivity index (χ3v) is 2.87. The van der Waals surface area contributed by atoms with Crippen LogP contribution in [0.1, 0.15) is 58.8 Å². The summed E-state index contributed by atoms with van der Waals surface area (Å²) in [6.45, 7) is 6.70. The Labute approximate surface area is 144 Å². The molecular formula is C16H21NO8. The van der Waals surface area contributed by atoms with Crippen LogP contribution in [0.15, 0.2) is 9.21 Å². The van der Waals surface area contributed by atoms with Crippen molar-refractivity contribution in [1.29, 1.82) is 0 Å². The van der Waals surface area contributed by atoms with E-state index in [-0.39, 0.29) is 12.5 Å². The maximum absolute atomic E-state index is 12.3.